The monoisotopic (exact) mass is 226 g/mol. The summed E-state index contributed by atoms with van der Waals surface area (Å²) in [5.41, 5.74) is 1.75. The number of carbonyl (C=O) groups is 1. The molecule has 0 spiro atoms. The number of nitrogens with zero attached hydrogens (tertiary/aromatic N) is 3. The van der Waals surface area contributed by atoms with E-state index in [0.717, 1.165) is 31.1 Å². The lowest BCUT2D eigenvalue weighted by Gasteiger charge is -2.31. The molecule has 15 heavy (non-hydrogen) atoms. The Hall–Kier alpha value is -1.17. The van der Waals surface area contributed by atoms with E-state index in [0.29, 0.717) is 6.04 Å². The molecule has 0 bridgehead atoms. The fourth-order valence-corrected chi connectivity index (χ4v) is 2.42. The standard InChI is InChI=1S/C9H14N4OS/c1-7(14)11-8-2-4-13(5-3-8)9-12-10-6-15-9/h6,8H,2-5H2,1H3,(H,11,14). The number of nitrogens with one attached hydrogen (secondary N) is 1. The Morgan fingerprint density at radius 2 is 2.33 bits per heavy atom. The van der Waals surface area contributed by atoms with Crippen molar-refractivity contribution in [2.24, 2.45) is 0 Å². The molecule has 2 rings (SSSR count). The van der Waals surface area contributed by atoms with Gasteiger partial charge < -0.3 is 10.2 Å². The lowest BCUT2D eigenvalue weighted by molar-refractivity contribution is -0.119. The Balaban J connectivity index is 1.84. The van der Waals surface area contributed by atoms with E-state index in [1.54, 1.807) is 23.8 Å². The van der Waals surface area contributed by atoms with Crippen molar-refractivity contribution in [3.05, 3.63) is 5.51 Å². The van der Waals surface area contributed by atoms with Gasteiger partial charge in [-0.1, -0.05) is 11.3 Å². The minimum atomic E-state index is 0.0596. The van der Waals surface area contributed by atoms with Crippen molar-refractivity contribution in [3.8, 4) is 0 Å². The fourth-order valence-electron chi connectivity index (χ4n) is 1.81. The normalized spacial score (nSPS) is 17.8. The Labute approximate surface area is 92.5 Å². The predicted molar refractivity (Wildman–Crippen MR) is 59.0 cm³/mol. The van der Waals surface area contributed by atoms with Gasteiger partial charge in [0, 0.05) is 26.1 Å². The number of anilines is 1. The van der Waals surface area contributed by atoms with E-state index in [1.807, 2.05) is 0 Å². The number of piperidine rings is 1. The van der Waals surface area contributed by atoms with Crippen molar-refractivity contribution >= 4 is 22.4 Å². The van der Waals surface area contributed by atoms with Crippen LogP contribution in [0.2, 0.25) is 0 Å². The second-order valence-electron chi connectivity index (χ2n) is 3.68. The molecule has 1 aromatic heterocycles. The fraction of sp³-hybridized carbons (Fsp3) is 0.667. The molecule has 0 saturated carbocycles. The quantitative estimate of drug-likeness (QED) is 0.804. The Bertz CT molecular complexity index is 319. The van der Waals surface area contributed by atoms with Crippen LogP contribution in [0.1, 0.15) is 19.8 Å². The maximum atomic E-state index is 10.9. The molecule has 0 radical (unpaired) electrons. The summed E-state index contributed by atoms with van der Waals surface area (Å²) in [7, 11) is 0. The second-order valence-corrected chi connectivity index (χ2v) is 4.49. The Morgan fingerprint density at radius 1 is 1.60 bits per heavy atom. The average molecular weight is 226 g/mol. The molecule has 1 saturated heterocycles. The summed E-state index contributed by atoms with van der Waals surface area (Å²) in [5, 5.41) is 11.8. The zero-order valence-corrected chi connectivity index (χ0v) is 9.46. The van der Waals surface area contributed by atoms with Crippen molar-refractivity contribution in [1.82, 2.24) is 15.5 Å². The number of hydrogen-bond acceptors (Lipinski definition) is 5. The zero-order chi connectivity index (χ0) is 10.7. The summed E-state index contributed by atoms with van der Waals surface area (Å²) >= 11 is 1.56. The molecule has 2 heterocycles. The molecule has 1 aromatic rings. The summed E-state index contributed by atoms with van der Waals surface area (Å²) in [4.78, 5) is 13.1. The van der Waals surface area contributed by atoms with Crippen molar-refractivity contribution < 1.29 is 4.79 Å². The summed E-state index contributed by atoms with van der Waals surface area (Å²) in [6, 6.07) is 0.326. The van der Waals surface area contributed by atoms with Gasteiger partial charge >= 0.3 is 0 Å². The van der Waals surface area contributed by atoms with Gasteiger partial charge in [-0.25, -0.2) is 0 Å². The van der Waals surface area contributed by atoms with Gasteiger partial charge in [0.15, 0.2) is 0 Å². The molecular formula is C9H14N4OS. The van der Waals surface area contributed by atoms with Gasteiger partial charge in [0.1, 0.15) is 5.51 Å². The largest absolute Gasteiger partial charge is 0.353 e. The average Bonchev–Trinajstić information content (AvgIpc) is 2.71. The maximum Gasteiger partial charge on any atom is 0.217 e. The third-order valence-electron chi connectivity index (χ3n) is 2.52. The van der Waals surface area contributed by atoms with Crippen LogP contribution in [0.4, 0.5) is 5.13 Å². The highest BCUT2D eigenvalue weighted by molar-refractivity contribution is 7.13. The van der Waals surface area contributed by atoms with E-state index in [-0.39, 0.29) is 5.91 Å². The first-order valence-electron chi connectivity index (χ1n) is 5.04. The first-order chi connectivity index (χ1) is 7.25. The van der Waals surface area contributed by atoms with Crippen LogP contribution in [0.25, 0.3) is 0 Å². The van der Waals surface area contributed by atoms with Gasteiger partial charge in [-0.15, -0.1) is 10.2 Å². The molecule has 1 aliphatic rings. The SMILES string of the molecule is CC(=O)NC1CCN(c2nncs2)CC1. The number of rotatable bonds is 2. The van der Waals surface area contributed by atoms with Gasteiger partial charge in [-0.3, -0.25) is 4.79 Å². The minimum absolute atomic E-state index is 0.0596. The first kappa shape index (κ1) is 10.4. The molecule has 1 aliphatic heterocycles. The Morgan fingerprint density at radius 3 is 2.87 bits per heavy atom. The first-order valence-corrected chi connectivity index (χ1v) is 5.92. The summed E-state index contributed by atoms with van der Waals surface area (Å²) < 4.78 is 0. The van der Waals surface area contributed by atoms with E-state index in [9.17, 15) is 4.79 Å². The summed E-state index contributed by atoms with van der Waals surface area (Å²) in [5.74, 6) is 0.0596. The number of carbonyl (C=O) groups excluding carboxylic acids is 1. The van der Waals surface area contributed by atoms with Gasteiger partial charge in [-0.05, 0) is 12.8 Å². The lowest BCUT2D eigenvalue weighted by atomic mass is 10.1. The topological polar surface area (TPSA) is 58.1 Å². The minimum Gasteiger partial charge on any atom is -0.353 e. The van der Waals surface area contributed by atoms with Crippen LogP contribution in [-0.4, -0.2) is 35.2 Å². The van der Waals surface area contributed by atoms with E-state index >= 15 is 0 Å². The molecule has 0 aromatic carbocycles. The second kappa shape index (κ2) is 4.57. The van der Waals surface area contributed by atoms with Gasteiger partial charge in [0.05, 0.1) is 0 Å². The molecule has 0 unspecified atom stereocenters. The molecular weight excluding hydrogens is 212 g/mol. The third kappa shape index (κ3) is 2.65. The summed E-state index contributed by atoms with van der Waals surface area (Å²) in [6.07, 6.45) is 1.97. The molecule has 5 nitrogen and oxygen atoms in total. The number of hydrogen-bond donors (Lipinski definition) is 1. The van der Waals surface area contributed by atoms with Crippen molar-refractivity contribution in [2.75, 3.05) is 18.0 Å². The zero-order valence-electron chi connectivity index (χ0n) is 8.64. The highest BCUT2D eigenvalue weighted by Crippen LogP contribution is 2.20. The smallest absolute Gasteiger partial charge is 0.217 e. The third-order valence-corrected chi connectivity index (χ3v) is 3.27. The summed E-state index contributed by atoms with van der Waals surface area (Å²) in [6.45, 7) is 3.46. The molecule has 82 valence electrons. The molecule has 6 heteroatoms. The molecule has 1 N–H and O–H groups in total. The highest BCUT2D eigenvalue weighted by atomic mass is 32.1. The van der Waals surface area contributed by atoms with E-state index in [4.69, 9.17) is 0 Å². The van der Waals surface area contributed by atoms with E-state index < -0.39 is 0 Å². The van der Waals surface area contributed by atoms with Crippen LogP contribution >= 0.6 is 11.3 Å². The van der Waals surface area contributed by atoms with Crippen molar-refractivity contribution in [3.63, 3.8) is 0 Å². The molecule has 1 amide bonds. The van der Waals surface area contributed by atoms with Crippen molar-refractivity contribution in [1.29, 1.82) is 0 Å². The highest BCUT2D eigenvalue weighted by Gasteiger charge is 2.21. The van der Waals surface area contributed by atoms with Crippen LogP contribution in [0.5, 0.6) is 0 Å². The number of amides is 1. The van der Waals surface area contributed by atoms with Crippen molar-refractivity contribution in [2.45, 2.75) is 25.8 Å². The van der Waals surface area contributed by atoms with Gasteiger partial charge in [0.25, 0.3) is 0 Å². The maximum absolute atomic E-state index is 10.9. The molecule has 0 atom stereocenters. The van der Waals surface area contributed by atoms with Crippen LogP contribution in [0.15, 0.2) is 5.51 Å². The van der Waals surface area contributed by atoms with Gasteiger partial charge in [-0.2, -0.15) is 0 Å². The predicted octanol–water partition coefficient (Wildman–Crippen LogP) is 0.643. The number of aromatic nitrogens is 2. The molecule has 0 aliphatic carbocycles. The van der Waals surface area contributed by atoms with E-state index in [1.165, 1.54) is 0 Å². The molecule has 1 fully saturated rings. The Kier molecular flexibility index (Phi) is 3.15. The lowest BCUT2D eigenvalue weighted by Crippen LogP contribution is -2.44. The van der Waals surface area contributed by atoms with Gasteiger partial charge in [0.2, 0.25) is 11.0 Å². The van der Waals surface area contributed by atoms with Crippen LogP contribution in [0, 0.1) is 0 Å². The van der Waals surface area contributed by atoms with Crippen LogP contribution in [0.3, 0.4) is 0 Å². The van der Waals surface area contributed by atoms with Crippen LogP contribution < -0.4 is 10.2 Å². The van der Waals surface area contributed by atoms with E-state index in [2.05, 4.69) is 20.4 Å². The van der Waals surface area contributed by atoms with Crippen LogP contribution in [-0.2, 0) is 4.79 Å².